The second kappa shape index (κ2) is 7.32. The summed E-state index contributed by atoms with van der Waals surface area (Å²) in [4.78, 5) is 34.5. The molecule has 0 spiro atoms. The number of ether oxygens (including phenoxy) is 1. The average Bonchev–Trinajstić information content (AvgIpc) is 3.44. The molecule has 1 saturated heterocycles. The van der Waals surface area contributed by atoms with E-state index < -0.39 is 17.4 Å². The highest BCUT2D eigenvalue weighted by atomic mass is 19.1. The summed E-state index contributed by atoms with van der Waals surface area (Å²) in [7, 11) is 1.43. The summed E-state index contributed by atoms with van der Waals surface area (Å²) in [6, 6.07) is 1.14. The van der Waals surface area contributed by atoms with Gasteiger partial charge in [0.05, 0.1) is 23.8 Å². The second-order valence-electron chi connectivity index (χ2n) is 7.07. The normalized spacial score (nSPS) is 20.4. The van der Waals surface area contributed by atoms with E-state index in [1.54, 1.807) is 9.47 Å². The third-order valence-corrected chi connectivity index (χ3v) is 5.10. The van der Waals surface area contributed by atoms with Gasteiger partial charge in [-0.05, 0) is 18.9 Å². The number of oxime groups is 1. The Hall–Kier alpha value is -3.21. The molecule has 4 rings (SSSR count). The largest absolute Gasteiger partial charge is 0.511 e. The maximum Gasteiger partial charge on any atom is 0.511 e. The predicted molar refractivity (Wildman–Crippen MR) is 102 cm³/mol. The van der Waals surface area contributed by atoms with E-state index in [9.17, 15) is 14.0 Å². The molecule has 2 aliphatic rings. The number of pyridine rings is 2. The molecule has 0 radical (unpaired) electrons. The summed E-state index contributed by atoms with van der Waals surface area (Å²) in [5.41, 5.74) is 6.05. The zero-order valence-electron chi connectivity index (χ0n) is 15.7. The van der Waals surface area contributed by atoms with Gasteiger partial charge < -0.3 is 29.9 Å². The van der Waals surface area contributed by atoms with Crippen molar-refractivity contribution in [2.45, 2.75) is 18.9 Å². The lowest BCUT2D eigenvalue weighted by atomic mass is 10.1. The van der Waals surface area contributed by atoms with Crippen molar-refractivity contribution in [1.82, 2.24) is 9.55 Å². The van der Waals surface area contributed by atoms with E-state index in [1.165, 1.54) is 13.3 Å². The van der Waals surface area contributed by atoms with Crippen molar-refractivity contribution in [2.75, 3.05) is 31.6 Å². The molecule has 1 unspecified atom stereocenters. The molecule has 0 aromatic carbocycles. The first-order valence-corrected chi connectivity index (χ1v) is 9.14. The molecule has 3 N–H and O–H groups in total. The highest BCUT2D eigenvalue weighted by Crippen LogP contribution is 2.38. The number of carboxylic acid groups (broad SMARTS) is 1. The van der Waals surface area contributed by atoms with Gasteiger partial charge in [-0.2, -0.15) is 0 Å². The van der Waals surface area contributed by atoms with Crippen LogP contribution in [0.15, 0.2) is 22.2 Å². The third kappa shape index (κ3) is 3.48. The van der Waals surface area contributed by atoms with Gasteiger partial charge >= 0.3 is 6.16 Å². The quantitative estimate of drug-likeness (QED) is 0.562. The number of hydrogen-bond acceptors (Lipinski definition) is 8. The van der Waals surface area contributed by atoms with Gasteiger partial charge in [0.25, 0.3) is 0 Å². The van der Waals surface area contributed by atoms with E-state index in [1.807, 2.05) is 0 Å². The Labute approximate surface area is 164 Å². The van der Waals surface area contributed by atoms with E-state index in [2.05, 4.69) is 14.9 Å². The highest BCUT2D eigenvalue weighted by molar-refractivity contribution is 5.94. The van der Waals surface area contributed by atoms with Crippen LogP contribution in [0.1, 0.15) is 18.9 Å². The van der Waals surface area contributed by atoms with Crippen LogP contribution < -0.4 is 20.8 Å². The zero-order valence-corrected chi connectivity index (χ0v) is 15.7. The number of rotatable bonds is 5. The van der Waals surface area contributed by atoms with E-state index in [4.69, 9.17) is 15.7 Å². The minimum Gasteiger partial charge on any atom is -0.449 e. The van der Waals surface area contributed by atoms with Gasteiger partial charge in [0.2, 0.25) is 5.43 Å². The summed E-state index contributed by atoms with van der Waals surface area (Å²) < 4.78 is 21.2. The van der Waals surface area contributed by atoms with E-state index in [-0.39, 0.29) is 34.6 Å². The molecule has 2 aromatic rings. The first-order chi connectivity index (χ1) is 13.9. The molecular formula is C18H20FN5O5. The summed E-state index contributed by atoms with van der Waals surface area (Å²) in [5, 5.41) is 12.8. The number of fused-ring (bicyclic) bond motifs is 1. The van der Waals surface area contributed by atoms with Gasteiger partial charge in [-0.1, -0.05) is 5.16 Å². The maximum absolute atomic E-state index is 14.9. The molecular weight excluding hydrogens is 385 g/mol. The minimum absolute atomic E-state index is 0.0303. The smallest absolute Gasteiger partial charge is 0.449 e. The molecule has 1 aliphatic heterocycles. The zero-order chi connectivity index (χ0) is 20.7. The highest BCUT2D eigenvalue weighted by Gasteiger charge is 2.33. The third-order valence-electron chi connectivity index (χ3n) is 5.10. The van der Waals surface area contributed by atoms with Crippen LogP contribution in [-0.4, -0.2) is 53.3 Å². The topological polar surface area (TPSA) is 132 Å². The molecule has 10 nitrogen and oxygen atoms in total. The predicted octanol–water partition coefficient (Wildman–Crippen LogP) is 1.32. The molecule has 11 heteroatoms. The standard InChI is InChI=1S/C18H20FN5O5/c1-28-22-13-7-23(6-9(13)5-20)17-12(19)4-11-15(25)14(29-18(26)27)8-24(10-2-3-10)16(11)21-17/h4,8-10H,2-3,5-7,20H2,1H3,(H,26,27)/b22-13+. The van der Waals surface area contributed by atoms with Crippen molar-refractivity contribution in [3.8, 4) is 5.75 Å². The van der Waals surface area contributed by atoms with Crippen molar-refractivity contribution in [3.05, 3.63) is 28.3 Å². The Morgan fingerprint density at radius 3 is 2.86 bits per heavy atom. The first kappa shape index (κ1) is 19.1. The Bertz CT molecular complexity index is 1060. The maximum atomic E-state index is 14.9. The van der Waals surface area contributed by atoms with Crippen molar-refractivity contribution < 1.29 is 23.9 Å². The van der Waals surface area contributed by atoms with Crippen LogP contribution in [0.25, 0.3) is 11.0 Å². The van der Waals surface area contributed by atoms with E-state index in [0.717, 1.165) is 18.9 Å². The number of halogens is 1. The summed E-state index contributed by atoms with van der Waals surface area (Å²) in [6.45, 7) is 1.05. The number of carbonyl (C=O) groups is 1. The Morgan fingerprint density at radius 1 is 1.48 bits per heavy atom. The van der Waals surface area contributed by atoms with Gasteiger partial charge in [-0.15, -0.1) is 0 Å². The fourth-order valence-corrected chi connectivity index (χ4v) is 3.59. The van der Waals surface area contributed by atoms with Crippen molar-refractivity contribution >= 4 is 28.7 Å². The SMILES string of the molecule is CO/N=C1\CN(c2nc3c(cc2F)c(=O)c(OC(=O)O)cn3C2CC2)CC1CN. The molecule has 1 atom stereocenters. The number of hydrogen-bond donors (Lipinski definition) is 2. The first-order valence-electron chi connectivity index (χ1n) is 9.14. The van der Waals surface area contributed by atoms with Crippen LogP contribution in [0, 0.1) is 11.7 Å². The molecule has 154 valence electrons. The monoisotopic (exact) mass is 405 g/mol. The lowest BCUT2D eigenvalue weighted by Crippen LogP contribution is -2.25. The van der Waals surface area contributed by atoms with Crippen molar-refractivity contribution in [2.24, 2.45) is 16.8 Å². The summed E-state index contributed by atoms with van der Waals surface area (Å²) >= 11 is 0. The lowest BCUT2D eigenvalue weighted by molar-refractivity contribution is 0.143. The van der Waals surface area contributed by atoms with Crippen molar-refractivity contribution in [3.63, 3.8) is 0 Å². The Kier molecular flexibility index (Phi) is 4.82. The van der Waals surface area contributed by atoms with Crippen LogP contribution in [0.5, 0.6) is 5.75 Å². The molecule has 29 heavy (non-hydrogen) atoms. The Morgan fingerprint density at radius 2 is 2.24 bits per heavy atom. The number of nitrogens with zero attached hydrogens (tertiary/aromatic N) is 4. The molecule has 1 saturated carbocycles. The van der Waals surface area contributed by atoms with Crippen LogP contribution in [-0.2, 0) is 4.84 Å². The second-order valence-corrected chi connectivity index (χ2v) is 7.07. The summed E-state index contributed by atoms with van der Waals surface area (Å²) in [5.74, 6) is -1.08. The minimum atomic E-state index is -1.61. The van der Waals surface area contributed by atoms with Gasteiger partial charge in [-0.25, -0.2) is 14.2 Å². The van der Waals surface area contributed by atoms with Crippen molar-refractivity contribution in [1.29, 1.82) is 0 Å². The molecule has 0 amide bonds. The van der Waals surface area contributed by atoms with Gasteiger partial charge in [0, 0.05) is 25.0 Å². The molecule has 2 aromatic heterocycles. The average molecular weight is 405 g/mol. The van der Waals surface area contributed by atoms with Gasteiger partial charge in [0.1, 0.15) is 12.8 Å². The number of aromatic nitrogens is 2. The molecule has 1 aliphatic carbocycles. The van der Waals surface area contributed by atoms with Crippen LogP contribution in [0.2, 0.25) is 0 Å². The molecule has 3 heterocycles. The van der Waals surface area contributed by atoms with E-state index in [0.29, 0.717) is 25.3 Å². The number of nitrogens with two attached hydrogens (primary N) is 1. The van der Waals surface area contributed by atoms with Crippen LogP contribution in [0.4, 0.5) is 15.0 Å². The molecule has 0 bridgehead atoms. The molecule has 2 fully saturated rings. The summed E-state index contributed by atoms with van der Waals surface area (Å²) in [6.07, 6.45) is 1.42. The fraction of sp³-hybridized carbons (Fsp3) is 0.444. The van der Waals surface area contributed by atoms with Crippen LogP contribution >= 0.6 is 0 Å². The van der Waals surface area contributed by atoms with Gasteiger partial charge in [-0.3, -0.25) is 4.79 Å². The van der Waals surface area contributed by atoms with Gasteiger partial charge in [0.15, 0.2) is 17.4 Å². The number of anilines is 1. The fourth-order valence-electron chi connectivity index (χ4n) is 3.59. The van der Waals surface area contributed by atoms with Crippen LogP contribution in [0.3, 0.4) is 0 Å². The van der Waals surface area contributed by atoms with E-state index >= 15 is 0 Å². The lowest BCUT2D eigenvalue weighted by Gasteiger charge is -2.19. The Balaban J connectivity index is 1.83.